The van der Waals surface area contributed by atoms with Crippen LogP contribution in [-0.4, -0.2) is 34.9 Å². The van der Waals surface area contributed by atoms with Gasteiger partial charge in [-0.15, -0.1) is 12.4 Å². The molecule has 2 heterocycles. The number of aromatic nitrogens is 2. The lowest BCUT2D eigenvalue weighted by Crippen LogP contribution is -2.43. The highest BCUT2D eigenvalue weighted by molar-refractivity contribution is 5.94. The molecule has 7 heteroatoms. The summed E-state index contributed by atoms with van der Waals surface area (Å²) in [7, 11) is 0. The molecule has 2 rings (SSSR count). The topological polar surface area (TPSA) is 82.2 Å². The van der Waals surface area contributed by atoms with Crippen molar-refractivity contribution in [3.05, 3.63) is 12.4 Å². The lowest BCUT2D eigenvalue weighted by atomic mass is 9.92. The minimum absolute atomic E-state index is 0. The molecule has 0 bridgehead atoms. The predicted molar refractivity (Wildman–Crippen MR) is 75.3 cm³/mol. The maximum absolute atomic E-state index is 12.0. The van der Waals surface area contributed by atoms with Crippen molar-refractivity contribution in [3.63, 3.8) is 0 Å². The van der Waals surface area contributed by atoms with E-state index in [1.807, 2.05) is 6.92 Å². The molecule has 6 nitrogen and oxygen atoms in total. The molecule has 1 amide bonds. The zero-order valence-corrected chi connectivity index (χ0v) is 11.9. The Bertz CT molecular complexity index is 404. The summed E-state index contributed by atoms with van der Waals surface area (Å²) in [5.41, 5.74) is 6.68. The first-order valence-corrected chi connectivity index (χ1v) is 6.37. The van der Waals surface area contributed by atoms with E-state index in [1.165, 1.54) is 0 Å². The fourth-order valence-electron chi connectivity index (χ4n) is 2.12. The standard InChI is InChI=1S/C12H20N4O2.ClH/c1-2-16-8-10(7-14-16)15-12(17)11(13)9-3-5-18-6-4-9;/h7-9,11H,2-6,13H2,1H3,(H,15,17);1H. The van der Waals surface area contributed by atoms with Gasteiger partial charge in [0.1, 0.15) is 0 Å². The van der Waals surface area contributed by atoms with Gasteiger partial charge in [0.05, 0.1) is 17.9 Å². The smallest absolute Gasteiger partial charge is 0.241 e. The van der Waals surface area contributed by atoms with Crippen molar-refractivity contribution in [2.24, 2.45) is 11.7 Å². The number of rotatable bonds is 4. The van der Waals surface area contributed by atoms with Gasteiger partial charge < -0.3 is 15.8 Å². The molecule has 108 valence electrons. The molecule has 1 unspecified atom stereocenters. The van der Waals surface area contributed by atoms with Gasteiger partial charge in [0.2, 0.25) is 5.91 Å². The average Bonchev–Trinajstić information content (AvgIpc) is 2.86. The van der Waals surface area contributed by atoms with Crippen LogP contribution in [0.5, 0.6) is 0 Å². The minimum atomic E-state index is -0.473. The van der Waals surface area contributed by atoms with Crippen LogP contribution in [0, 0.1) is 5.92 Å². The van der Waals surface area contributed by atoms with Gasteiger partial charge >= 0.3 is 0 Å². The Morgan fingerprint density at radius 3 is 2.89 bits per heavy atom. The quantitative estimate of drug-likeness (QED) is 0.866. The van der Waals surface area contributed by atoms with Gasteiger partial charge in [-0.2, -0.15) is 5.10 Å². The maximum Gasteiger partial charge on any atom is 0.241 e. The Labute approximate surface area is 119 Å². The summed E-state index contributed by atoms with van der Waals surface area (Å²) in [5.74, 6) is 0.0672. The second kappa shape index (κ2) is 7.47. The van der Waals surface area contributed by atoms with Crippen LogP contribution in [0.15, 0.2) is 12.4 Å². The number of hydrogen-bond acceptors (Lipinski definition) is 4. The van der Waals surface area contributed by atoms with Crippen molar-refractivity contribution < 1.29 is 9.53 Å². The van der Waals surface area contributed by atoms with Crippen LogP contribution < -0.4 is 11.1 Å². The van der Waals surface area contributed by atoms with Crippen LogP contribution in [0.3, 0.4) is 0 Å². The number of halogens is 1. The van der Waals surface area contributed by atoms with Crippen molar-refractivity contribution in [2.45, 2.75) is 32.4 Å². The number of aryl methyl sites for hydroxylation is 1. The third-order valence-corrected chi connectivity index (χ3v) is 3.30. The number of carbonyl (C=O) groups is 1. The van der Waals surface area contributed by atoms with Gasteiger partial charge in [-0.05, 0) is 25.7 Å². The third-order valence-electron chi connectivity index (χ3n) is 3.30. The van der Waals surface area contributed by atoms with E-state index in [1.54, 1.807) is 17.1 Å². The summed E-state index contributed by atoms with van der Waals surface area (Å²) in [6.07, 6.45) is 5.14. The number of hydrogen-bond donors (Lipinski definition) is 2. The zero-order valence-electron chi connectivity index (χ0n) is 11.0. The minimum Gasteiger partial charge on any atom is -0.381 e. The van der Waals surface area contributed by atoms with Gasteiger partial charge in [-0.3, -0.25) is 9.48 Å². The van der Waals surface area contributed by atoms with E-state index in [2.05, 4.69) is 10.4 Å². The lowest BCUT2D eigenvalue weighted by molar-refractivity contribution is -0.119. The molecular formula is C12H21ClN4O2. The molecule has 1 saturated heterocycles. The van der Waals surface area contributed by atoms with E-state index < -0.39 is 6.04 Å². The van der Waals surface area contributed by atoms with E-state index in [0.29, 0.717) is 18.9 Å². The first kappa shape index (κ1) is 15.9. The van der Waals surface area contributed by atoms with E-state index in [9.17, 15) is 4.79 Å². The third kappa shape index (κ3) is 4.19. The lowest BCUT2D eigenvalue weighted by Gasteiger charge is -2.26. The highest BCUT2D eigenvalue weighted by Crippen LogP contribution is 2.18. The largest absolute Gasteiger partial charge is 0.381 e. The van der Waals surface area contributed by atoms with Gasteiger partial charge in [-0.25, -0.2) is 0 Å². The number of nitrogens with one attached hydrogen (secondary N) is 1. The molecule has 0 radical (unpaired) electrons. The van der Waals surface area contributed by atoms with Crippen LogP contribution in [0.2, 0.25) is 0 Å². The van der Waals surface area contributed by atoms with Gasteiger partial charge in [0.15, 0.2) is 0 Å². The van der Waals surface area contributed by atoms with Crippen LogP contribution in [0.4, 0.5) is 5.69 Å². The molecule has 1 aliphatic heterocycles. The second-order valence-corrected chi connectivity index (χ2v) is 4.55. The molecule has 0 aromatic carbocycles. The van der Waals surface area contributed by atoms with Crippen molar-refractivity contribution in [3.8, 4) is 0 Å². The maximum atomic E-state index is 12.0. The van der Waals surface area contributed by atoms with Crippen LogP contribution in [-0.2, 0) is 16.1 Å². The molecular weight excluding hydrogens is 268 g/mol. The van der Waals surface area contributed by atoms with E-state index >= 15 is 0 Å². The van der Waals surface area contributed by atoms with Gasteiger partial charge in [0, 0.05) is 26.0 Å². The molecule has 1 fully saturated rings. The highest BCUT2D eigenvalue weighted by atomic mass is 35.5. The fraction of sp³-hybridized carbons (Fsp3) is 0.667. The summed E-state index contributed by atoms with van der Waals surface area (Å²) in [6, 6.07) is -0.473. The summed E-state index contributed by atoms with van der Waals surface area (Å²) in [6.45, 7) is 4.16. The normalized spacial score (nSPS) is 17.6. The molecule has 0 spiro atoms. The van der Waals surface area contributed by atoms with Crippen molar-refractivity contribution in [1.82, 2.24) is 9.78 Å². The Kier molecular flexibility index (Phi) is 6.27. The Morgan fingerprint density at radius 2 is 2.32 bits per heavy atom. The molecule has 3 N–H and O–H groups in total. The first-order chi connectivity index (χ1) is 8.70. The van der Waals surface area contributed by atoms with E-state index in [-0.39, 0.29) is 24.2 Å². The monoisotopic (exact) mass is 288 g/mol. The summed E-state index contributed by atoms with van der Waals surface area (Å²) in [4.78, 5) is 12.0. The second-order valence-electron chi connectivity index (χ2n) is 4.55. The summed E-state index contributed by atoms with van der Waals surface area (Å²) >= 11 is 0. The number of anilines is 1. The fourth-order valence-corrected chi connectivity index (χ4v) is 2.12. The zero-order chi connectivity index (χ0) is 13.0. The Balaban J connectivity index is 0.00000180. The Hall–Kier alpha value is -1.11. The van der Waals surface area contributed by atoms with Crippen molar-refractivity contribution in [2.75, 3.05) is 18.5 Å². The molecule has 1 aliphatic rings. The number of nitrogens with zero attached hydrogens (tertiary/aromatic N) is 2. The number of amides is 1. The van der Waals surface area contributed by atoms with Crippen LogP contribution in [0.1, 0.15) is 19.8 Å². The SMILES string of the molecule is CCn1cc(NC(=O)C(N)C2CCOCC2)cn1.Cl. The number of nitrogens with two attached hydrogens (primary N) is 1. The van der Waals surface area contributed by atoms with Gasteiger partial charge in [0.25, 0.3) is 0 Å². The Morgan fingerprint density at radius 1 is 1.63 bits per heavy atom. The molecule has 1 atom stereocenters. The van der Waals surface area contributed by atoms with Gasteiger partial charge in [-0.1, -0.05) is 0 Å². The number of ether oxygens (including phenoxy) is 1. The molecule has 1 aromatic heterocycles. The van der Waals surface area contributed by atoms with Crippen LogP contribution in [0.25, 0.3) is 0 Å². The molecule has 1 aromatic rings. The van der Waals surface area contributed by atoms with Crippen molar-refractivity contribution >= 4 is 24.0 Å². The molecule has 0 saturated carbocycles. The van der Waals surface area contributed by atoms with Crippen molar-refractivity contribution in [1.29, 1.82) is 0 Å². The molecule has 19 heavy (non-hydrogen) atoms. The van der Waals surface area contributed by atoms with E-state index in [4.69, 9.17) is 10.5 Å². The first-order valence-electron chi connectivity index (χ1n) is 6.37. The summed E-state index contributed by atoms with van der Waals surface area (Å²) in [5, 5.41) is 6.91. The summed E-state index contributed by atoms with van der Waals surface area (Å²) < 4.78 is 7.02. The average molecular weight is 289 g/mol. The van der Waals surface area contributed by atoms with Crippen LogP contribution >= 0.6 is 12.4 Å². The highest BCUT2D eigenvalue weighted by Gasteiger charge is 2.26. The number of carbonyl (C=O) groups excluding carboxylic acids is 1. The van der Waals surface area contributed by atoms with E-state index in [0.717, 1.165) is 19.4 Å². The molecule has 0 aliphatic carbocycles. The predicted octanol–water partition coefficient (Wildman–Crippen LogP) is 1.02.